The molecule has 0 atom stereocenters. The number of nitrogens with zero attached hydrogens (tertiary/aromatic N) is 1. The molecule has 0 saturated heterocycles. The molecule has 1 aliphatic carbocycles. The molecule has 98 valence electrons. The van der Waals surface area contributed by atoms with E-state index in [9.17, 15) is 9.18 Å². The highest BCUT2D eigenvalue weighted by Gasteiger charge is 2.24. The fourth-order valence-corrected chi connectivity index (χ4v) is 2.39. The normalized spacial score (nSPS) is 15.3. The Morgan fingerprint density at radius 1 is 1.50 bits per heavy atom. The predicted molar refractivity (Wildman–Crippen MR) is 72.6 cm³/mol. The van der Waals surface area contributed by atoms with Gasteiger partial charge in [0.2, 0.25) is 0 Å². The van der Waals surface area contributed by atoms with Gasteiger partial charge in [0.15, 0.2) is 0 Å². The number of hydrogen-bond acceptors (Lipinski definition) is 2. The second-order valence-corrected chi connectivity index (χ2v) is 5.32. The summed E-state index contributed by atoms with van der Waals surface area (Å²) in [4.78, 5) is 14.6. The first-order chi connectivity index (χ1) is 8.61. The summed E-state index contributed by atoms with van der Waals surface area (Å²) in [5, 5.41) is 0. The van der Waals surface area contributed by atoms with Crippen LogP contribution < -0.4 is 0 Å². The van der Waals surface area contributed by atoms with E-state index in [-0.39, 0.29) is 11.5 Å². The van der Waals surface area contributed by atoms with E-state index in [0.717, 1.165) is 6.54 Å². The van der Waals surface area contributed by atoms with Crippen LogP contribution in [-0.4, -0.2) is 23.9 Å². The van der Waals surface area contributed by atoms with E-state index in [1.165, 1.54) is 31.4 Å². The van der Waals surface area contributed by atoms with Crippen LogP contribution in [0.3, 0.4) is 0 Å². The van der Waals surface area contributed by atoms with Crippen molar-refractivity contribution in [3.63, 3.8) is 0 Å². The molecule has 18 heavy (non-hydrogen) atoms. The van der Waals surface area contributed by atoms with Crippen molar-refractivity contribution >= 4 is 18.5 Å². The van der Waals surface area contributed by atoms with Crippen molar-refractivity contribution in [2.75, 3.05) is 13.1 Å². The van der Waals surface area contributed by atoms with Crippen LogP contribution in [0.15, 0.2) is 23.1 Å². The average molecular weight is 267 g/mol. The summed E-state index contributed by atoms with van der Waals surface area (Å²) in [6.45, 7) is 3.29. The second kappa shape index (κ2) is 5.74. The summed E-state index contributed by atoms with van der Waals surface area (Å²) >= 11 is 4.16. The number of benzene rings is 1. The Bertz CT molecular complexity index is 445. The van der Waals surface area contributed by atoms with Crippen molar-refractivity contribution in [2.45, 2.75) is 31.1 Å². The second-order valence-electron chi connectivity index (χ2n) is 4.80. The molecule has 1 amide bonds. The van der Waals surface area contributed by atoms with Gasteiger partial charge in [-0.2, -0.15) is 0 Å². The summed E-state index contributed by atoms with van der Waals surface area (Å²) in [6, 6.07) is 4.36. The minimum atomic E-state index is -0.468. The molecule has 1 aliphatic rings. The topological polar surface area (TPSA) is 20.3 Å². The first kappa shape index (κ1) is 13.4. The number of rotatable bonds is 4. The summed E-state index contributed by atoms with van der Waals surface area (Å²) in [7, 11) is 0. The highest BCUT2D eigenvalue weighted by Crippen LogP contribution is 2.27. The Hall–Kier alpha value is -1.03. The molecule has 0 aliphatic heterocycles. The van der Waals surface area contributed by atoms with Gasteiger partial charge in [-0.05, 0) is 43.9 Å². The number of hydrogen-bond donors (Lipinski definition) is 1. The molecular formula is C14H18FNOS. The fraction of sp³-hybridized carbons (Fsp3) is 0.500. The van der Waals surface area contributed by atoms with Crippen molar-refractivity contribution in [1.82, 2.24) is 4.90 Å². The largest absolute Gasteiger partial charge is 0.339 e. The van der Waals surface area contributed by atoms with Crippen LogP contribution in [-0.2, 0) is 0 Å². The van der Waals surface area contributed by atoms with Gasteiger partial charge >= 0.3 is 0 Å². The van der Waals surface area contributed by atoms with Gasteiger partial charge in [-0.3, -0.25) is 4.79 Å². The maximum atomic E-state index is 13.7. The third-order valence-electron chi connectivity index (χ3n) is 3.55. The zero-order valence-corrected chi connectivity index (χ0v) is 11.4. The highest BCUT2D eigenvalue weighted by atomic mass is 32.1. The molecule has 1 aromatic rings. The molecule has 1 saturated carbocycles. The molecule has 4 heteroatoms. The lowest BCUT2D eigenvalue weighted by Gasteiger charge is -2.32. The molecule has 0 heterocycles. The van der Waals surface area contributed by atoms with E-state index < -0.39 is 5.82 Å². The van der Waals surface area contributed by atoms with E-state index in [1.54, 1.807) is 11.0 Å². The Balaban J connectivity index is 2.14. The third-order valence-corrected chi connectivity index (χ3v) is 3.83. The van der Waals surface area contributed by atoms with E-state index in [2.05, 4.69) is 12.6 Å². The molecule has 0 N–H and O–H groups in total. The van der Waals surface area contributed by atoms with Gasteiger partial charge in [0.05, 0.1) is 5.56 Å². The summed E-state index contributed by atoms with van der Waals surface area (Å²) in [5.74, 6) is -0.0983. The van der Waals surface area contributed by atoms with Gasteiger partial charge in [-0.1, -0.05) is 6.42 Å². The Morgan fingerprint density at radius 2 is 2.22 bits per heavy atom. The fourth-order valence-electron chi connectivity index (χ4n) is 2.19. The Kier molecular flexibility index (Phi) is 4.27. The quantitative estimate of drug-likeness (QED) is 0.829. The molecule has 0 radical (unpaired) electrons. The molecule has 2 rings (SSSR count). The van der Waals surface area contributed by atoms with Crippen molar-refractivity contribution in [1.29, 1.82) is 0 Å². The Morgan fingerprint density at radius 3 is 2.78 bits per heavy atom. The summed E-state index contributed by atoms with van der Waals surface area (Å²) in [5.41, 5.74) is 0.128. The SMILES string of the molecule is CCN(CC1CCC1)C(=O)c1cc(S)ccc1F. The standard InChI is InChI=1S/C14H18FNOS/c1-2-16(9-10-4-3-5-10)14(17)12-8-11(18)6-7-13(12)15/h6-8,10,18H,2-5,9H2,1H3. The van der Waals surface area contributed by atoms with Crippen LogP contribution >= 0.6 is 12.6 Å². The molecule has 2 nitrogen and oxygen atoms in total. The van der Waals surface area contributed by atoms with Crippen LogP contribution in [0.4, 0.5) is 4.39 Å². The highest BCUT2D eigenvalue weighted by molar-refractivity contribution is 7.80. The molecule has 0 spiro atoms. The molecule has 1 fully saturated rings. The van der Waals surface area contributed by atoms with Gasteiger partial charge in [-0.25, -0.2) is 4.39 Å². The van der Waals surface area contributed by atoms with Crippen LogP contribution in [0.5, 0.6) is 0 Å². The number of carbonyl (C=O) groups excluding carboxylic acids is 1. The third kappa shape index (κ3) is 2.86. The maximum absolute atomic E-state index is 13.7. The van der Waals surface area contributed by atoms with E-state index in [4.69, 9.17) is 0 Å². The van der Waals surface area contributed by atoms with Crippen molar-refractivity contribution in [3.05, 3.63) is 29.6 Å². The first-order valence-electron chi connectivity index (χ1n) is 6.39. The predicted octanol–water partition coefficient (Wildman–Crippen LogP) is 3.38. The van der Waals surface area contributed by atoms with Gasteiger partial charge in [0.25, 0.3) is 5.91 Å². The molecular weight excluding hydrogens is 249 g/mol. The molecule has 0 aromatic heterocycles. The molecule has 1 aromatic carbocycles. The van der Waals surface area contributed by atoms with Crippen molar-refractivity contribution in [2.24, 2.45) is 5.92 Å². The lowest BCUT2D eigenvalue weighted by molar-refractivity contribution is 0.0701. The average Bonchev–Trinajstić information content (AvgIpc) is 2.30. The van der Waals surface area contributed by atoms with E-state index in [1.807, 2.05) is 6.92 Å². The van der Waals surface area contributed by atoms with Crippen LogP contribution in [0, 0.1) is 11.7 Å². The minimum Gasteiger partial charge on any atom is -0.339 e. The summed E-state index contributed by atoms with van der Waals surface area (Å²) < 4.78 is 13.7. The van der Waals surface area contributed by atoms with Crippen LogP contribution in [0.1, 0.15) is 36.5 Å². The van der Waals surface area contributed by atoms with Crippen molar-refractivity contribution in [3.8, 4) is 0 Å². The lowest BCUT2D eigenvalue weighted by Crippen LogP contribution is -2.37. The monoisotopic (exact) mass is 267 g/mol. The van der Waals surface area contributed by atoms with Gasteiger partial charge in [0.1, 0.15) is 5.82 Å². The van der Waals surface area contributed by atoms with Gasteiger partial charge < -0.3 is 4.90 Å². The number of carbonyl (C=O) groups is 1. The van der Waals surface area contributed by atoms with Gasteiger partial charge in [-0.15, -0.1) is 12.6 Å². The zero-order chi connectivity index (χ0) is 13.1. The number of amides is 1. The number of halogens is 1. The smallest absolute Gasteiger partial charge is 0.256 e. The van der Waals surface area contributed by atoms with E-state index >= 15 is 0 Å². The number of thiol groups is 1. The maximum Gasteiger partial charge on any atom is 0.256 e. The molecule has 0 unspecified atom stereocenters. The van der Waals surface area contributed by atoms with Crippen LogP contribution in [0.2, 0.25) is 0 Å². The minimum absolute atomic E-state index is 0.128. The Labute approximate surface area is 113 Å². The van der Waals surface area contributed by atoms with Crippen molar-refractivity contribution < 1.29 is 9.18 Å². The zero-order valence-electron chi connectivity index (χ0n) is 10.5. The summed E-state index contributed by atoms with van der Waals surface area (Å²) in [6.07, 6.45) is 3.61. The lowest BCUT2D eigenvalue weighted by atomic mass is 9.85. The molecule has 0 bridgehead atoms. The van der Waals surface area contributed by atoms with Gasteiger partial charge in [0, 0.05) is 18.0 Å². The van der Waals surface area contributed by atoms with E-state index in [0.29, 0.717) is 17.4 Å². The first-order valence-corrected chi connectivity index (χ1v) is 6.84. The van der Waals surface area contributed by atoms with Crippen LogP contribution in [0.25, 0.3) is 0 Å².